The quantitative estimate of drug-likeness (QED) is 0.702. The molecular weight excluding hydrogens is 352 g/mol. The summed E-state index contributed by atoms with van der Waals surface area (Å²) in [4.78, 5) is 13.4. The molecule has 0 bridgehead atoms. The molecule has 28 heavy (non-hydrogen) atoms. The number of ether oxygens (including phenoxy) is 1. The summed E-state index contributed by atoms with van der Waals surface area (Å²) < 4.78 is 6.10. The number of benzene rings is 3. The number of carboxylic acids is 1. The maximum Gasteiger partial charge on any atom is 0.335 e. The maximum absolute atomic E-state index is 11.2. The van der Waals surface area contributed by atoms with Gasteiger partial charge in [0.1, 0.15) is 11.9 Å². The van der Waals surface area contributed by atoms with Crippen molar-refractivity contribution < 1.29 is 14.6 Å². The summed E-state index contributed by atoms with van der Waals surface area (Å²) in [5.74, 6) is -0.322. The molecular formula is C23H24N2O3. The monoisotopic (exact) mass is 376 g/mol. The minimum atomic E-state index is -0.945. The molecule has 2 atom stereocenters. The lowest BCUT2D eigenvalue weighted by atomic mass is 9.99. The van der Waals surface area contributed by atoms with Gasteiger partial charge in [-0.2, -0.15) is 0 Å². The highest BCUT2D eigenvalue weighted by Crippen LogP contribution is 2.33. The molecule has 0 aliphatic carbocycles. The molecule has 0 amide bonds. The first kappa shape index (κ1) is 18.3. The Balaban J connectivity index is 1.48. The summed E-state index contributed by atoms with van der Waals surface area (Å²) in [5.41, 5.74) is 2.42. The van der Waals surface area contributed by atoms with Crippen LogP contribution >= 0.6 is 0 Å². The number of rotatable bonds is 5. The van der Waals surface area contributed by atoms with Crippen LogP contribution in [0.15, 0.2) is 60.7 Å². The summed E-state index contributed by atoms with van der Waals surface area (Å²) in [5, 5.41) is 15.3. The Kier molecular flexibility index (Phi) is 4.92. The number of nitrogens with zero attached hydrogens (tertiary/aromatic N) is 1. The Morgan fingerprint density at radius 1 is 1.21 bits per heavy atom. The Morgan fingerprint density at radius 3 is 2.82 bits per heavy atom. The van der Waals surface area contributed by atoms with E-state index < -0.39 is 5.97 Å². The van der Waals surface area contributed by atoms with Crippen LogP contribution in [-0.4, -0.2) is 37.3 Å². The van der Waals surface area contributed by atoms with E-state index in [0.717, 1.165) is 12.2 Å². The molecule has 0 radical (unpaired) electrons. The highest BCUT2D eigenvalue weighted by atomic mass is 16.5. The summed E-state index contributed by atoms with van der Waals surface area (Å²) >= 11 is 0. The minimum Gasteiger partial charge on any atom is -0.485 e. The number of fused-ring (bicyclic) bond motifs is 2. The zero-order valence-corrected chi connectivity index (χ0v) is 16.1. The molecule has 5 nitrogen and oxygen atoms in total. The predicted octanol–water partition coefficient (Wildman–Crippen LogP) is 4.09. The van der Waals surface area contributed by atoms with Gasteiger partial charge in [-0.15, -0.1) is 0 Å². The second-order valence-corrected chi connectivity index (χ2v) is 7.31. The van der Waals surface area contributed by atoms with Crippen molar-refractivity contribution in [2.75, 3.05) is 25.0 Å². The van der Waals surface area contributed by atoms with E-state index >= 15 is 0 Å². The smallest absolute Gasteiger partial charge is 0.335 e. The van der Waals surface area contributed by atoms with E-state index in [4.69, 9.17) is 4.74 Å². The Bertz CT molecular complexity index is 1010. The Hall–Kier alpha value is -3.05. The van der Waals surface area contributed by atoms with Crippen LogP contribution in [0.4, 0.5) is 5.69 Å². The molecule has 0 fully saturated rings. The third kappa shape index (κ3) is 3.53. The second kappa shape index (κ2) is 7.52. The highest BCUT2D eigenvalue weighted by molar-refractivity contribution is 5.89. The van der Waals surface area contributed by atoms with E-state index in [9.17, 15) is 9.90 Å². The van der Waals surface area contributed by atoms with Gasteiger partial charge in [0, 0.05) is 19.6 Å². The van der Waals surface area contributed by atoms with Crippen molar-refractivity contribution in [1.29, 1.82) is 0 Å². The van der Waals surface area contributed by atoms with Crippen molar-refractivity contribution in [2.45, 2.75) is 19.1 Å². The van der Waals surface area contributed by atoms with Crippen molar-refractivity contribution in [1.82, 2.24) is 5.32 Å². The van der Waals surface area contributed by atoms with E-state index in [-0.39, 0.29) is 17.7 Å². The van der Waals surface area contributed by atoms with E-state index in [2.05, 4.69) is 59.6 Å². The number of anilines is 1. The molecule has 1 aliphatic heterocycles. The topological polar surface area (TPSA) is 61.8 Å². The first-order valence-corrected chi connectivity index (χ1v) is 9.49. The number of likely N-dealkylation sites (N-methyl/N-ethyl adjacent to an activating group) is 1. The highest BCUT2D eigenvalue weighted by Gasteiger charge is 2.25. The molecule has 0 spiro atoms. The fourth-order valence-corrected chi connectivity index (χ4v) is 3.83. The summed E-state index contributed by atoms with van der Waals surface area (Å²) in [7, 11) is 2.00. The lowest BCUT2D eigenvalue weighted by Crippen LogP contribution is -2.44. The number of carboxylic acid groups (broad SMARTS) is 1. The normalized spacial score (nSPS) is 17.1. The molecule has 1 unspecified atom stereocenters. The van der Waals surface area contributed by atoms with Crippen LogP contribution < -0.4 is 15.0 Å². The molecule has 1 heterocycles. The minimum absolute atomic E-state index is 0.0565. The molecule has 5 heteroatoms. The summed E-state index contributed by atoms with van der Waals surface area (Å²) in [6.45, 7) is 3.57. The van der Waals surface area contributed by atoms with Crippen LogP contribution in [0.5, 0.6) is 5.75 Å². The van der Waals surface area contributed by atoms with Gasteiger partial charge in [0.25, 0.3) is 0 Å². The van der Waals surface area contributed by atoms with E-state index in [1.165, 1.54) is 16.3 Å². The van der Waals surface area contributed by atoms with Gasteiger partial charge in [-0.05, 0) is 41.5 Å². The van der Waals surface area contributed by atoms with Crippen LogP contribution in [0.1, 0.15) is 28.9 Å². The van der Waals surface area contributed by atoms with Crippen molar-refractivity contribution in [2.24, 2.45) is 0 Å². The molecule has 0 saturated carbocycles. The number of hydrogen-bond donors (Lipinski definition) is 2. The molecule has 1 aliphatic rings. The summed E-state index contributed by atoms with van der Waals surface area (Å²) in [6, 6.07) is 20.0. The van der Waals surface area contributed by atoms with Gasteiger partial charge >= 0.3 is 5.97 Å². The van der Waals surface area contributed by atoms with Crippen molar-refractivity contribution in [3.05, 3.63) is 71.8 Å². The van der Waals surface area contributed by atoms with Gasteiger partial charge in [0.05, 0.1) is 17.8 Å². The fraction of sp³-hybridized carbons (Fsp3) is 0.261. The SMILES string of the molecule is C[C@@H](NCC1CN(C)c2ccc(C(=O)O)cc2O1)c1cccc2ccccc12. The first-order valence-electron chi connectivity index (χ1n) is 9.49. The number of carbonyl (C=O) groups is 1. The Morgan fingerprint density at radius 2 is 2.00 bits per heavy atom. The summed E-state index contributed by atoms with van der Waals surface area (Å²) in [6.07, 6.45) is -0.0565. The van der Waals surface area contributed by atoms with Gasteiger partial charge in [-0.3, -0.25) is 0 Å². The molecule has 3 aromatic rings. The van der Waals surface area contributed by atoms with Gasteiger partial charge in [0.2, 0.25) is 0 Å². The van der Waals surface area contributed by atoms with Gasteiger partial charge in [-0.1, -0.05) is 42.5 Å². The molecule has 0 aromatic heterocycles. The average molecular weight is 376 g/mol. The predicted molar refractivity (Wildman–Crippen MR) is 111 cm³/mol. The largest absolute Gasteiger partial charge is 0.485 e. The molecule has 144 valence electrons. The van der Waals surface area contributed by atoms with E-state index in [1.54, 1.807) is 18.2 Å². The van der Waals surface area contributed by atoms with Crippen LogP contribution in [-0.2, 0) is 0 Å². The van der Waals surface area contributed by atoms with E-state index in [0.29, 0.717) is 12.3 Å². The Labute approximate surface area is 164 Å². The molecule has 3 aromatic carbocycles. The zero-order chi connectivity index (χ0) is 19.7. The fourth-order valence-electron chi connectivity index (χ4n) is 3.83. The van der Waals surface area contributed by atoms with Crippen LogP contribution in [0.3, 0.4) is 0 Å². The zero-order valence-electron chi connectivity index (χ0n) is 16.1. The average Bonchev–Trinajstić information content (AvgIpc) is 2.71. The van der Waals surface area contributed by atoms with Crippen molar-refractivity contribution in [3.8, 4) is 5.75 Å². The van der Waals surface area contributed by atoms with Gasteiger partial charge in [0.15, 0.2) is 0 Å². The third-order valence-electron chi connectivity index (χ3n) is 5.33. The third-order valence-corrected chi connectivity index (χ3v) is 5.33. The van der Waals surface area contributed by atoms with Crippen molar-refractivity contribution in [3.63, 3.8) is 0 Å². The van der Waals surface area contributed by atoms with Crippen LogP contribution in [0.25, 0.3) is 10.8 Å². The molecule has 0 saturated heterocycles. The molecule has 2 N–H and O–H groups in total. The van der Waals surface area contributed by atoms with Crippen molar-refractivity contribution >= 4 is 22.4 Å². The maximum atomic E-state index is 11.2. The lowest BCUT2D eigenvalue weighted by molar-refractivity contribution is 0.0696. The number of nitrogens with one attached hydrogen (secondary N) is 1. The number of aromatic carboxylic acids is 1. The van der Waals surface area contributed by atoms with Gasteiger partial charge in [-0.25, -0.2) is 4.79 Å². The number of hydrogen-bond acceptors (Lipinski definition) is 4. The lowest BCUT2D eigenvalue weighted by Gasteiger charge is -2.34. The molecule has 4 rings (SSSR count). The van der Waals surface area contributed by atoms with Crippen LogP contribution in [0.2, 0.25) is 0 Å². The standard InChI is InChI=1S/C23H24N2O3/c1-15(19-9-5-7-16-6-3-4-8-20(16)19)24-13-18-14-25(2)21-11-10-17(23(26)27)12-22(21)28-18/h3-12,15,18,24H,13-14H2,1-2H3,(H,26,27)/t15-,18?/m1/s1. The van der Waals surface area contributed by atoms with E-state index in [1.807, 2.05) is 7.05 Å². The second-order valence-electron chi connectivity index (χ2n) is 7.31. The first-order chi connectivity index (χ1) is 13.5. The van der Waals surface area contributed by atoms with Gasteiger partial charge < -0.3 is 20.1 Å². The van der Waals surface area contributed by atoms with Crippen LogP contribution in [0, 0.1) is 0 Å².